The zero-order chi connectivity index (χ0) is 16.2. The quantitative estimate of drug-likeness (QED) is 0.942. The van der Waals surface area contributed by atoms with Gasteiger partial charge in [-0.1, -0.05) is 0 Å². The summed E-state index contributed by atoms with van der Waals surface area (Å²) in [5, 5.41) is 0. The van der Waals surface area contributed by atoms with E-state index in [1.54, 1.807) is 25.4 Å². The van der Waals surface area contributed by atoms with E-state index >= 15 is 0 Å². The van der Waals surface area contributed by atoms with E-state index in [4.69, 9.17) is 4.74 Å². The highest BCUT2D eigenvalue weighted by Gasteiger charge is 2.22. The second kappa shape index (κ2) is 6.96. The number of H-pyrrole nitrogens is 1. The van der Waals surface area contributed by atoms with Crippen LogP contribution >= 0.6 is 0 Å². The Morgan fingerprint density at radius 2 is 2.22 bits per heavy atom. The molecule has 3 rings (SSSR count). The number of hydrogen-bond donors (Lipinski definition) is 1. The van der Waals surface area contributed by atoms with Gasteiger partial charge in [0.15, 0.2) is 5.43 Å². The predicted octanol–water partition coefficient (Wildman–Crippen LogP) is 2.47. The Bertz CT molecular complexity index is 726. The molecule has 0 amide bonds. The molecule has 5 heteroatoms. The minimum absolute atomic E-state index is 0.0883. The molecular weight excluding hydrogens is 290 g/mol. The second-order valence-electron chi connectivity index (χ2n) is 6.26. The van der Waals surface area contributed by atoms with Gasteiger partial charge in [-0.3, -0.25) is 14.7 Å². The lowest BCUT2D eigenvalue weighted by Gasteiger charge is -2.32. The van der Waals surface area contributed by atoms with E-state index in [1.165, 1.54) is 0 Å². The molecule has 1 fully saturated rings. The van der Waals surface area contributed by atoms with Crippen molar-refractivity contribution in [2.45, 2.75) is 32.2 Å². The van der Waals surface area contributed by atoms with E-state index in [0.717, 1.165) is 55.2 Å². The van der Waals surface area contributed by atoms with Gasteiger partial charge in [-0.15, -0.1) is 0 Å². The van der Waals surface area contributed by atoms with Gasteiger partial charge in [-0.05, 0) is 37.9 Å². The molecule has 1 N–H and O–H groups in total. The highest BCUT2D eigenvalue weighted by molar-refractivity contribution is 5.23. The smallest absolute Gasteiger partial charge is 0.182 e. The van der Waals surface area contributed by atoms with Gasteiger partial charge >= 0.3 is 0 Å². The number of rotatable bonds is 4. The first-order valence-corrected chi connectivity index (χ1v) is 8.05. The first-order valence-electron chi connectivity index (χ1n) is 8.05. The van der Waals surface area contributed by atoms with Crippen LogP contribution in [-0.2, 0) is 6.54 Å². The van der Waals surface area contributed by atoms with Crippen LogP contribution < -0.4 is 10.2 Å². The Morgan fingerprint density at radius 1 is 1.35 bits per heavy atom. The van der Waals surface area contributed by atoms with Crippen molar-refractivity contribution >= 4 is 0 Å². The molecule has 0 spiro atoms. The second-order valence-corrected chi connectivity index (χ2v) is 6.26. The summed E-state index contributed by atoms with van der Waals surface area (Å²) < 4.78 is 5.24. The number of nitrogens with one attached hydrogen (secondary N) is 1. The fraction of sp³-hybridized carbons (Fsp3) is 0.444. The molecule has 0 saturated carbocycles. The zero-order valence-electron chi connectivity index (χ0n) is 13.7. The topological polar surface area (TPSA) is 58.2 Å². The summed E-state index contributed by atoms with van der Waals surface area (Å²) in [4.78, 5) is 21.7. The number of ether oxygens (including phenoxy) is 1. The van der Waals surface area contributed by atoms with E-state index in [0.29, 0.717) is 5.92 Å². The van der Waals surface area contributed by atoms with E-state index in [1.807, 2.05) is 19.2 Å². The molecule has 2 aromatic rings. The Balaban J connectivity index is 1.71. The third-order valence-corrected chi connectivity index (χ3v) is 4.36. The van der Waals surface area contributed by atoms with Crippen LogP contribution in [-0.4, -0.2) is 35.1 Å². The molecule has 23 heavy (non-hydrogen) atoms. The molecule has 5 nitrogen and oxygen atoms in total. The van der Waals surface area contributed by atoms with Crippen LogP contribution in [0, 0.1) is 6.92 Å². The fourth-order valence-corrected chi connectivity index (χ4v) is 3.30. The van der Waals surface area contributed by atoms with Gasteiger partial charge in [0.1, 0.15) is 5.75 Å². The number of nitrogens with zero attached hydrogens (tertiary/aromatic N) is 2. The highest BCUT2D eigenvalue weighted by atomic mass is 16.5. The van der Waals surface area contributed by atoms with Gasteiger partial charge in [0.2, 0.25) is 0 Å². The number of aromatic amines is 1. The maximum atomic E-state index is 11.7. The summed E-state index contributed by atoms with van der Waals surface area (Å²) in [5.74, 6) is 1.17. The molecule has 122 valence electrons. The van der Waals surface area contributed by atoms with Crippen molar-refractivity contribution in [2.24, 2.45) is 0 Å². The number of aryl methyl sites for hydroxylation is 1. The third-order valence-electron chi connectivity index (χ3n) is 4.36. The van der Waals surface area contributed by atoms with Crippen LogP contribution in [0.25, 0.3) is 0 Å². The zero-order valence-corrected chi connectivity index (χ0v) is 13.7. The summed E-state index contributed by atoms with van der Waals surface area (Å²) in [5.41, 5.74) is 3.23. The third kappa shape index (κ3) is 3.99. The first-order chi connectivity index (χ1) is 11.1. The van der Waals surface area contributed by atoms with Crippen LogP contribution in [0.2, 0.25) is 0 Å². The van der Waals surface area contributed by atoms with E-state index in [9.17, 15) is 4.79 Å². The largest absolute Gasteiger partial charge is 0.495 e. The Kier molecular flexibility index (Phi) is 4.76. The van der Waals surface area contributed by atoms with E-state index in [2.05, 4.69) is 14.9 Å². The van der Waals surface area contributed by atoms with Crippen LogP contribution in [0.4, 0.5) is 0 Å². The number of pyridine rings is 2. The Labute approximate surface area is 136 Å². The van der Waals surface area contributed by atoms with Crippen molar-refractivity contribution in [1.29, 1.82) is 0 Å². The van der Waals surface area contributed by atoms with Gasteiger partial charge in [0, 0.05) is 48.7 Å². The van der Waals surface area contributed by atoms with E-state index < -0.39 is 0 Å². The molecule has 3 heterocycles. The normalized spacial score (nSPS) is 18.8. The van der Waals surface area contributed by atoms with Gasteiger partial charge in [-0.25, -0.2) is 0 Å². The molecule has 0 bridgehead atoms. The standard InChI is InChI=1S/C18H23N3O2/c1-13-6-16(22)8-18(20-13)15-4-3-5-21(12-15)11-14-7-17(23-2)10-19-9-14/h6-10,15H,3-5,11-12H2,1-2H3,(H,20,22). The van der Waals surface area contributed by atoms with Gasteiger partial charge < -0.3 is 9.72 Å². The molecule has 0 aliphatic carbocycles. The lowest BCUT2D eigenvalue weighted by atomic mass is 9.93. The highest BCUT2D eigenvalue weighted by Crippen LogP contribution is 2.26. The van der Waals surface area contributed by atoms with Gasteiger partial charge in [-0.2, -0.15) is 0 Å². The van der Waals surface area contributed by atoms with Crippen LogP contribution in [0.5, 0.6) is 5.75 Å². The van der Waals surface area contributed by atoms with Crippen molar-refractivity contribution in [3.63, 3.8) is 0 Å². The average Bonchev–Trinajstić information content (AvgIpc) is 2.54. The molecular formula is C18H23N3O2. The molecule has 1 saturated heterocycles. The lowest BCUT2D eigenvalue weighted by Crippen LogP contribution is -2.34. The summed E-state index contributed by atoms with van der Waals surface area (Å²) in [7, 11) is 1.66. The molecule has 1 aliphatic heterocycles. The van der Waals surface area contributed by atoms with Crippen molar-refractivity contribution in [3.05, 3.63) is 57.8 Å². The SMILES string of the molecule is COc1cncc(CN2CCCC(c3cc(=O)cc(C)[nH]3)C2)c1. The molecule has 1 aliphatic rings. The van der Waals surface area contributed by atoms with Crippen molar-refractivity contribution in [3.8, 4) is 5.75 Å². The van der Waals surface area contributed by atoms with E-state index in [-0.39, 0.29) is 5.43 Å². The van der Waals surface area contributed by atoms with Crippen molar-refractivity contribution < 1.29 is 4.74 Å². The Hall–Kier alpha value is -2.14. The number of piperidine rings is 1. The molecule has 1 atom stereocenters. The average molecular weight is 313 g/mol. The number of methoxy groups -OCH3 is 1. The molecule has 1 unspecified atom stereocenters. The fourth-order valence-electron chi connectivity index (χ4n) is 3.30. The molecule has 0 radical (unpaired) electrons. The van der Waals surface area contributed by atoms with Crippen molar-refractivity contribution in [1.82, 2.24) is 14.9 Å². The maximum Gasteiger partial charge on any atom is 0.182 e. The van der Waals surface area contributed by atoms with Gasteiger partial charge in [0.25, 0.3) is 0 Å². The van der Waals surface area contributed by atoms with Crippen LogP contribution in [0.3, 0.4) is 0 Å². The molecule has 2 aromatic heterocycles. The van der Waals surface area contributed by atoms with Crippen molar-refractivity contribution in [2.75, 3.05) is 20.2 Å². The summed E-state index contributed by atoms with van der Waals surface area (Å²) in [6.45, 7) is 4.82. The minimum atomic E-state index is 0.0883. The number of hydrogen-bond acceptors (Lipinski definition) is 4. The monoisotopic (exact) mass is 313 g/mol. The first kappa shape index (κ1) is 15.7. The minimum Gasteiger partial charge on any atom is -0.495 e. The van der Waals surface area contributed by atoms with Crippen LogP contribution in [0.1, 0.15) is 35.7 Å². The maximum absolute atomic E-state index is 11.7. The summed E-state index contributed by atoms with van der Waals surface area (Å²) in [6.07, 6.45) is 5.87. The molecule has 0 aromatic carbocycles. The van der Waals surface area contributed by atoms with Gasteiger partial charge in [0.05, 0.1) is 13.3 Å². The summed E-state index contributed by atoms with van der Waals surface area (Å²) >= 11 is 0. The lowest BCUT2D eigenvalue weighted by molar-refractivity contribution is 0.198. The predicted molar refractivity (Wildman–Crippen MR) is 89.8 cm³/mol. The number of likely N-dealkylation sites (tertiary alicyclic amines) is 1. The van der Waals surface area contributed by atoms with Crippen LogP contribution in [0.15, 0.2) is 35.4 Å². The summed E-state index contributed by atoms with van der Waals surface area (Å²) in [6, 6.07) is 5.42. The number of aromatic nitrogens is 2. The Morgan fingerprint density at radius 3 is 3.00 bits per heavy atom.